The molecule has 0 heterocycles. The lowest BCUT2D eigenvalue weighted by Gasteiger charge is -2.73. The number of carboxylic acids is 1. The maximum absolute atomic E-state index is 13.2. The van der Waals surface area contributed by atoms with Gasteiger partial charge in [-0.3, -0.25) is 9.59 Å². The van der Waals surface area contributed by atoms with Crippen LogP contribution in [0.3, 0.4) is 0 Å². The van der Waals surface area contributed by atoms with Crippen molar-refractivity contribution >= 4 is 11.9 Å². The van der Waals surface area contributed by atoms with Gasteiger partial charge in [0.1, 0.15) is 6.10 Å². The Labute approximate surface area is 300 Å². The van der Waals surface area contributed by atoms with Crippen molar-refractivity contribution in [1.82, 2.24) is 4.90 Å². The Morgan fingerprint density at radius 2 is 1.57 bits per heavy atom. The lowest BCUT2D eigenvalue weighted by atomic mass is 9.32. The highest BCUT2D eigenvalue weighted by Gasteiger charge is 2.71. The van der Waals surface area contributed by atoms with Crippen molar-refractivity contribution in [3.05, 3.63) is 12.2 Å². The Hall–Kier alpha value is -1.36. The van der Waals surface area contributed by atoms with Crippen LogP contribution in [-0.4, -0.2) is 48.2 Å². The smallest absolute Gasteiger partial charge is 0.306 e. The first-order chi connectivity index (χ1) is 22.8. The van der Waals surface area contributed by atoms with Crippen molar-refractivity contribution in [2.24, 2.45) is 68.0 Å². The lowest BCUT2D eigenvalue weighted by molar-refractivity contribution is -0.250. The van der Waals surface area contributed by atoms with Gasteiger partial charge in [0.05, 0.1) is 12.8 Å². The number of ether oxygens (including phenoxy) is 1. The minimum atomic E-state index is -0.862. The summed E-state index contributed by atoms with van der Waals surface area (Å²) in [6.07, 6.45) is 18.5. The first-order valence-corrected chi connectivity index (χ1v) is 20.5. The molecule has 278 valence electrons. The summed E-state index contributed by atoms with van der Waals surface area (Å²) in [5.41, 5.74) is 2.14. The van der Waals surface area contributed by atoms with Crippen LogP contribution >= 0.6 is 0 Å². The second-order valence-electron chi connectivity index (χ2n) is 21.1. The molecule has 6 saturated carbocycles. The molecule has 1 N–H and O–H groups in total. The van der Waals surface area contributed by atoms with E-state index in [1.165, 1.54) is 95.7 Å². The van der Waals surface area contributed by atoms with Crippen molar-refractivity contribution in [2.45, 2.75) is 164 Å². The van der Waals surface area contributed by atoms with Crippen LogP contribution in [0.25, 0.3) is 0 Å². The summed E-state index contributed by atoms with van der Waals surface area (Å²) >= 11 is 0. The molecular weight excluding hydrogens is 606 g/mol. The van der Waals surface area contributed by atoms with E-state index in [0.717, 1.165) is 30.6 Å². The molecular formula is C44H73NO4. The van der Waals surface area contributed by atoms with E-state index in [1.54, 1.807) is 0 Å². The zero-order valence-corrected chi connectivity index (χ0v) is 33.1. The Balaban J connectivity index is 1.20. The zero-order chi connectivity index (χ0) is 35.8. The van der Waals surface area contributed by atoms with Crippen molar-refractivity contribution in [1.29, 1.82) is 0 Å². The molecule has 6 fully saturated rings. The van der Waals surface area contributed by atoms with Crippen molar-refractivity contribution < 1.29 is 19.4 Å². The number of esters is 1. The molecule has 0 aromatic heterocycles. The van der Waals surface area contributed by atoms with Gasteiger partial charge in [-0.25, -0.2) is 0 Å². The van der Waals surface area contributed by atoms with Crippen LogP contribution < -0.4 is 0 Å². The second-order valence-corrected chi connectivity index (χ2v) is 21.1. The fourth-order valence-corrected chi connectivity index (χ4v) is 14.5. The summed E-state index contributed by atoms with van der Waals surface area (Å²) in [6, 6.07) is 0. The van der Waals surface area contributed by atoms with Crippen LogP contribution in [-0.2, 0) is 14.3 Å². The molecule has 0 amide bonds. The monoisotopic (exact) mass is 680 g/mol. The van der Waals surface area contributed by atoms with Gasteiger partial charge in [0.25, 0.3) is 0 Å². The highest BCUT2D eigenvalue weighted by molar-refractivity contribution is 5.73. The van der Waals surface area contributed by atoms with Gasteiger partial charge in [-0.2, -0.15) is 0 Å². The molecule has 49 heavy (non-hydrogen) atoms. The molecule has 6 aliphatic rings. The summed E-state index contributed by atoms with van der Waals surface area (Å²) in [5.74, 6) is 3.35. The van der Waals surface area contributed by atoms with E-state index in [-0.39, 0.29) is 35.7 Å². The van der Waals surface area contributed by atoms with E-state index >= 15 is 0 Å². The predicted octanol–water partition coefficient (Wildman–Crippen LogP) is 10.6. The van der Waals surface area contributed by atoms with Crippen LogP contribution in [0.2, 0.25) is 0 Å². The van der Waals surface area contributed by atoms with E-state index in [1.807, 2.05) is 13.8 Å². The fraction of sp³-hybridized carbons (Fsp3) is 0.909. The van der Waals surface area contributed by atoms with Gasteiger partial charge in [-0.15, -0.1) is 0 Å². The molecule has 5 nitrogen and oxygen atoms in total. The van der Waals surface area contributed by atoms with Gasteiger partial charge >= 0.3 is 11.9 Å². The first kappa shape index (κ1) is 37.4. The van der Waals surface area contributed by atoms with Crippen LogP contribution in [0.15, 0.2) is 12.2 Å². The van der Waals surface area contributed by atoms with Crippen molar-refractivity contribution in [3.8, 4) is 0 Å². The van der Waals surface area contributed by atoms with E-state index in [9.17, 15) is 14.7 Å². The lowest BCUT2D eigenvalue weighted by Crippen LogP contribution is -2.66. The summed E-state index contributed by atoms with van der Waals surface area (Å²) in [4.78, 5) is 27.2. The third-order valence-electron chi connectivity index (χ3n) is 17.2. The molecule has 0 saturated heterocycles. The number of rotatable bonds is 12. The fourth-order valence-electron chi connectivity index (χ4n) is 14.5. The van der Waals surface area contributed by atoms with E-state index in [4.69, 9.17) is 4.74 Å². The average Bonchev–Trinajstić information content (AvgIpc) is 3.70. The minimum Gasteiger partial charge on any atom is -0.481 e. The SMILES string of the molecule is C=C(C)[C@@H]1CC[C@]2(CCCN(C)CC3CC3)CC[C@]3(C)[C@H](CC[C@@H]4[C@@]5(C)CC[C@H](OC(=O)CC(C)(C)CC(=O)O)C(C)(C)[C@@H]5CC[C@]43C)[C@@H]12. The Morgan fingerprint density at radius 1 is 0.857 bits per heavy atom. The molecule has 0 unspecified atom stereocenters. The quantitative estimate of drug-likeness (QED) is 0.164. The van der Waals surface area contributed by atoms with Gasteiger partial charge in [0.15, 0.2) is 0 Å². The molecule has 0 aromatic rings. The van der Waals surface area contributed by atoms with Crippen LogP contribution in [0.4, 0.5) is 0 Å². The summed E-state index contributed by atoms with van der Waals surface area (Å²) in [5, 5.41) is 9.35. The largest absolute Gasteiger partial charge is 0.481 e. The topological polar surface area (TPSA) is 66.8 Å². The molecule has 0 spiro atoms. The third kappa shape index (κ3) is 6.49. The molecule has 0 aliphatic heterocycles. The van der Waals surface area contributed by atoms with Gasteiger partial charge in [-0.05, 0) is 173 Å². The minimum absolute atomic E-state index is 0.0241. The number of allylic oxidation sites excluding steroid dienone is 1. The number of hydrogen-bond acceptors (Lipinski definition) is 4. The third-order valence-corrected chi connectivity index (χ3v) is 17.2. The van der Waals surface area contributed by atoms with Crippen molar-refractivity contribution in [2.75, 3.05) is 20.1 Å². The van der Waals surface area contributed by atoms with Gasteiger partial charge in [0.2, 0.25) is 0 Å². The van der Waals surface area contributed by atoms with Gasteiger partial charge < -0.3 is 14.7 Å². The van der Waals surface area contributed by atoms with E-state index < -0.39 is 11.4 Å². The van der Waals surface area contributed by atoms with Gasteiger partial charge in [0, 0.05) is 12.0 Å². The zero-order valence-electron chi connectivity index (χ0n) is 33.1. The Morgan fingerprint density at radius 3 is 2.22 bits per heavy atom. The van der Waals surface area contributed by atoms with Gasteiger partial charge in [-0.1, -0.05) is 60.6 Å². The number of carbonyl (C=O) groups excluding carboxylic acids is 1. The maximum Gasteiger partial charge on any atom is 0.306 e. The number of carboxylic acid groups (broad SMARTS) is 1. The Bertz CT molecular complexity index is 1280. The van der Waals surface area contributed by atoms with Crippen molar-refractivity contribution in [3.63, 3.8) is 0 Å². The van der Waals surface area contributed by atoms with Crippen LogP contribution in [0.5, 0.6) is 0 Å². The second kappa shape index (κ2) is 12.9. The number of nitrogens with zero attached hydrogens (tertiary/aromatic N) is 1. The molecule has 0 bridgehead atoms. The van der Waals surface area contributed by atoms with Crippen LogP contribution in [0, 0.1) is 68.0 Å². The van der Waals surface area contributed by atoms with E-state index in [2.05, 4.69) is 60.1 Å². The number of fused-ring (bicyclic) bond motifs is 7. The number of carbonyl (C=O) groups is 2. The summed E-state index contributed by atoms with van der Waals surface area (Å²) < 4.78 is 6.30. The number of hydrogen-bond donors (Lipinski definition) is 1. The van der Waals surface area contributed by atoms with E-state index in [0.29, 0.717) is 34.0 Å². The normalized spacial score (nSPS) is 42.8. The Kier molecular flexibility index (Phi) is 9.88. The first-order valence-electron chi connectivity index (χ1n) is 20.5. The maximum atomic E-state index is 13.2. The molecule has 10 atom stereocenters. The number of aliphatic carboxylic acids is 1. The van der Waals surface area contributed by atoms with Crippen LogP contribution in [0.1, 0.15) is 158 Å². The highest BCUT2D eigenvalue weighted by atomic mass is 16.5. The standard InChI is InChI=1S/C44H73NO4/c1-29(2)31-16-22-44(19-11-25-45(10)28-30-12-13-30)24-23-42(8)32(38(31)44)14-15-34-41(7)20-18-35(40(5,6)33(41)17-21-43(34,42)9)49-37(48)27-39(3,4)26-36(46)47/h30-35,38H,1,11-28H2,2-10H3,(H,46,47)/t31-,32+,33-,34+,35-,38+,41-,42+,43+,44+/m0/s1. The average molecular weight is 680 g/mol. The molecule has 6 rings (SSSR count). The summed E-state index contributed by atoms with van der Waals surface area (Å²) in [7, 11) is 2.36. The molecule has 6 aliphatic carbocycles. The molecule has 5 heteroatoms. The predicted molar refractivity (Wildman–Crippen MR) is 199 cm³/mol. The highest BCUT2D eigenvalue weighted by Crippen LogP contribution is 2.78. The molecule has 0 aromatic carbocycles. The molecule has 0 radical (unpaired) electrons. The summed E-state index contributed by atoms with van der Waals surface area (Å²) in [6.45, 7) is 26.1.